The lowest BCUT2D eigenvalue weighted by atomic mass is 9.97. The van der Waals surface area contributed by atoms with Crippen LogP contribution in [0.2, 0.25) is 5.02 Å². The van der Waals surface area contributed by atoms with Gasteiger partial charge in [0.15, 0.2) is 5.69 Å². The Kier molecular flexibility index (Phi) is 8.65. The van der Waals surface area contributed by atoms with E-state index in [2.05, 4.69) is 15.7 Å². The highest BCUT2D eigenvalue weighted by Gasteiger charge is 2.34. The van der Waals surface area contributed by atoms with E-state index in [1.165, 1.54) is 21.7 Å². The molecule has 1 atom stereocenters. The molecule has 1 unspecified atom stereocenters. The summed E-state index contributed by atoms with van der Waals surface area (Å²) in [7, 11) is 0. The van der Waals surface area contributed by atoms with Crippen LogP contribution in [0, 0.1) is 11.7 Å². The molecule has 2 aromatic carbocycles. The van der Waals surface area contributed by atoms with Crippen LogP contribution < -0.4 is 16.4 Å². The number of nitrogens with zero attached hydrogens (tertiary/aromatic N) is 3. The Morgan fingerprint density at radius 3 is 2.68 bits per heavy atom. The number of hydrogen-bond acceptors (Lipinski definition) is 6. The van der Waals surface area contributed by atoms with Crippen molar-refractivity contribution in [2.75, 3.05) is 19.6 Å². The van der Waals surface area contributed by atoms with Gasteiger partial charge in [0.05, 0.1) is 17.1 Å². The molecular weight excluding hydrogens is 551 g/mol. The molecule has 3 amide bonds. The highest BCUT2D eigenvalue weighted by molar-refractivity contribution is 6.30. The van der Waals surface area contributed by atoms with E-state index in [4.69, 9.17) is 17.3 Å². The van der Waals surface area contributed by atoms with Crippen molar-refractivity contribution < 1.29 is 23.6 Å². The number of rotatable bonds is 12. The zero-order valence-corrected chi connectivity index (χ0v) is 23.3. The van der Waals surface area contributed by atoms with Gasteiger partial charge in [-0.3, -0.25) is 23.9 Å². The van der Waals surface area contributed by atoms with E-state index in [1.807, 2.05) is 0 Å². The van der Waals surface area contributed by atoms with Gasteiger partial charge in [-0.2, -0.15) is 5.10 Å². The second kappa shape index (κ2) is 12.4. The van der Waals surface area contributed by atoms with Crippen LogP contribution in [-0.4, -0.2) is 63.9 Å². The van der Waals surface area contributed by atoms with Crippen molar-refractivity contribution in [2.45, 2.75) is 51.2 Å². The average Bonchev–Trinajstić information content (AvgIpc) is 3.53. The topological polar surface area (TPSA) is 139 Å². The maximum atomic E-state index is 14.2. The summed E-state index contributed by atoms with van der Waals surface area (Å²) in [6.45, 7) is 1.30. The smallest absolute Gasteiger partial charge is 0.269 e. The maximum absolute atomic E-state index is 14.2. The van der Waals surface area contributed by atoms with Crippen molar-refractivity contribution in [3.8, 4) is 0 Å². The molecule has 1 aliphatic heterocycles. The molecule has 5 rings (SSSR count). The largest absolute Gasteiger partial charge is 0.364 e. The number of carbonyl (C=O) groups is 4. The molecule has 1 saturated carbocycles. The van der Waals surface area contributed by atoms with E-state index in [0.29, 0.717) is 23.2 Å². The van der Waals surface area contributed by atoms with Gasteiger partial charge in [-0.05, 0) is 62.0 Å². The Bertz CT molecular complexity index is 1500. The van der Waals surface area contributed by atoms with Crippen LogP contribution in [0.1, 0.15) is 47.3 Å². The van der Waals surface area contributed by atoms with Gasteiger partial charge < -0.3 is 21.3 Å². The van der Waals surface area contributed by atoms with E-state index in [-0.39, 0.29) is 60.1 Å². The Hall–Kier alpha value is -3.83. The van der Waals surface area contributed by atoms with Crippen molar-refractivity contribution >= 4 is 46.0 Å². The number of hydrogen-bond donors (Lipinski definition) is 3. The Balaban J connectivity index is 1.27. The van der Waals surface area contributed by atoms with Crippen LogP contribution in [0.5, 0.6) is 0 Å². The monoisotopic (exact) mass is 582 g/mol. The Morgan fingerprint density at radius 1 is 1.17 bits per heavy atom. The van der Waals surface area contributed by atoms with Crippen molar-refractivity contribution in [3.05, 3.63) is 64.1 Å². The molecule has 12 heteroatoms. The summed E-state index contributed by atoms with van der Waals surface area (Å²) in [5, 5.41) is 10.7. The summed E-state index contributed by atoms with van der Waals surface area (Å²) in [6.07, 6.45) is 3.25. The molecule has 1 aliphatic carbocycles. The van der Waals surface area contributed by atoms with Crippen molar-refractivity contribution in [1.82, 2.24) is 25.3 Å². The first kappa shape index (κ1) is 28.7. The molecule has 41 heavy (non-hydrogen) atoms. The lowest BCUT2D eigenvalue weighted by Gasteiger charge is -2.22. The normalized spacial score (nSPS) is 16.6. The van der Waals surface area contributed by atoms with Crippen LogP contribution >= 0.6 is 11.6 Å². The third-order valence-electron chi connectivity index (χ3n) is 7.54. The van der Waals surface area contributed by atoms with Crippen LogP contribution in [0.25, 0.3) is 10.9 Å². The number of fused-ring (bicyclic) bond motifs is 1. The lowest BCUT2D eigenvalue weighted by molar-refractivity contribution is -0.137. The summed E-state index contributed by atoms with van der Waals surface area (Å²) < 4.78 is 15.6. The minimum Gasteiger partial charge on any atom is -0.364 e. The molecule has 3 aromatic rings. The molecular formula is C29H32ClFN6O4. The van der Waals surface area contributed by atoms with E-state index < -0.39 is 17.6 Å². The van der Waals surface area contributed by atoms with Crippen molar-refractivity contribution in [2.24, 2.45) is 11.7 Å². The van der Waals surface area contributed by atoms with Crippen LogP contribution in [0.4, 0.5) is 4.39 Å². The molecule has 10 nitrogen and oxygen atoms in total. The van der Waals surface area contributed by atoms with Gasteiger partial charge in [0, 0.05) is 36.4 Å². The number of nitrogens with two attached hydrogens (primary N) is 1. The first-order chi connectivity index (χ1) is 19.7. The predicted molar refractivity (Wildman–Crippen MR) is 151 cm³/mol. The van der Waals surface area contributed by atoms with Crippen molar-refractivity contribution in [3.63, 3.8) is 0 Å². The Morgan fingerprint density at radius 2 is 1.98 bits per heavy atom. The highest BCUT2D eigenvalue weighted by atomic mass is 35.5. The summed E-state index contributed by atoms with van der Waals surface area (Å²) in [6, 6.07) is 9.72. The van der Waals surface area contributed by atoms with Crippen molar-refractivity contribution in [1.29, 1.82) is 0 Å². The fourth-order valence-corrected chi connectivity index (χ4v) is 5.46. The Labute approximate surface area is 241 Å². The first-order valence-corrected chi connectivity index (χ1v) is 14.1. The van der Waals surface area contributed by atoms with E-state index in [1.54, 1.807) is 24.3 Å². The fraction of sp³-hybridized carbons (Fsp3) is 0.414. The van der Waals surface area contributed by atoms with Crippen LogP contribution in [-0.2, 0) is 33.9 Å². The van der Waals surface area contributed by atoms with E-state index in [9.17, 15) is 23.6 Å². The van der Waals surface area contributed by atoms with Crippen LogP contribution in [0.3, 0.4) is 0 Å². The number of halogens is 2. The molecule has 216 valence electrons. The van der Waals surface area contributed by atoms with Gasteiger partial charge in [-0.1, -0.05) is 29.8 Å². The maximum Gasteiger partial charge on any atom is 0.269 e. The molecule has 2 aliphatic rings. The van der Waals surface area contributed by atoms with Gasteiger partial charge in [-0.15, -0.1) is 0 Å². The third-order valence-corrected chi connectivity index (χ3v) is 7.83. The molecule has 2 fully saturated rings. The minimum absolute atomic E-state index is 0.0151. The third kappa shape index (κ3) is 6.91. The van der Waals surface area contributed by atoms with Gasteiger partial charge >= 0.3 is 0 Å². The number of benzene rings is 2. The van der Waals surface area contributed by atoms with Gasteiger partial charge in [-0.25, -0.2) is 4.39 Å². The minimum atomic E-state index is -0.742. The lowest BCUT2D eigenvalue weighted by Crippen LogP contribution is -2.43. The molecule has 0 spiro atoms. The van der Waals surface area contributed by atoms with Gasteiger partial charge in [0.1, 0.15) is 18.1 Å². The van der Waals surface area contributed by atoms with Gasteiger partial charge in [0.25, 0.3) is 5.91 Å². The zero-order chi connectivity index (χ0) is 29.1. The summed E-state index contributed by atoms with van der Waals surface area (Å²) in [5.74, 6) is -1.65. The number of Topliss-reactive ketones (excluding diaryl/α,β-unsaturated/α-hetero) is 1. The van der Waals surface area contributed by atoms with Crippen LogP contribution in [0.15, 0.2) is 36.4 Å². The summed E-state index contributed by atoms with van der Waals surface area (Å²) in [4.78, 5) is 52.3. The van der Waals surface area contributed by atoms with E-state index in [0.717, 1.165) is 37.9 Å². The summed E-state index contributed by atoms with van der Waals surface area (Å²) >= 11 is 5.81. The molecule has 1 aromatic heterocycles. The highest BCUT2D eigenvalue weighted by Crippen LogP contribution is 2.28. The number of aromatic nitrogens is 2. The fourth-order valence-electron chi connectivity index (χ4n) is 5.26. The number of nitrogens with one attached hydrogen (secondary N) is 2. The second-order valence-corrected chi connectivity index (χ2v) is 11.2. The number of primary amides is 1. The number of carbonyl (C=O) groups excluding carboxylic acids is 4. The molecule has 1 saturated heterocycles. The number of ketones is 1. The molecule has 4 N–H and O–H groups in total. The first-order valence-electron chi connectivity index (χ1n) is 13.7. The molecule has 0 radical (unpaired) electrons. The molecule has 2 heterocycles. The quantitative estimate of drug-likeness (QED) is 0.300. The summed E-state index contributed by atoms with van der Waals surface area (Å²) in [5.41, 5.74) is 7.13. The van der Waals surface area contributed by atoms with E-state index >= 15 is 0 Å². The standard InChI is InChI=1S/C29H32ClFN6O4/c30-23-3-1-2-19(27(23)31)14-34-25(39)15-36(20-5-6-20)26(40)16-37-24-7-4-17(12-22(24)28(35-37)29(32)41)10-21(38)11-18-8-9-33-13-18/h1-4,7,12,18,20,33H,5-6,8-11,13-16H2,(H2,32,41)(H,34,39). The van der Waals surface area contributed by atoms with Gasteiger partial charge in [0.2, 0.25) is 11.8 Å². The number of amides is 3. The molecule has 0 bridgehead atoms. The SMILES string of the molecule is NC(=O)c1nn(CC(=O)N(CC(=O)NCc2cccc(Cl)c2F)C2CC2)c2ccc(CC(=O)CC3CCNC3)cc12. The second-order valence-electron chi connectivity index (χ2n) is 10.7. The average molecular weight is 583 g/mol. The predicted octanol–water partition coefficient (Wildman–Crippen LogP) is 2.35. The zero-order valence-electron chi connectivity index (χ0n) is 22.5.